The van der Waals surface area contributed by atoms with Crippen LogP contribution in [0.2, 0.25) is 0 Å². The largest absolute Gasteiger partial charge is 0.503 e. The van der Waals surface area contributed by atoms with E-state index in [-0.39, 0.29) is 54.3 Å². The zero-order chi connectivity index (χ0) is 28.9. The number of hydrogen-bond donors (Lipinski definition) is 2. The van der Waals surface area contributed by atoms with Crippen molar-refractivity contribution < 1.29 is 38.9 Å². The van der Waals surface area contributed by atoms with Crippen molar-refractivity contribution in [3.05, 3.63) is 56.6 Å². The monoisotopic (exact) mass is 611 g/mol. The molecule has 1 aromatic carbocycles. The highest BCUT2D eigenvalue weighted by Crippen LogP contribution is 2.56. The Morgan fingerprint density at radius 3 is 2.55 bits per heavy atom. The number of Topliss-reactive ketones (excluding diaryl/α,β-unsaturated/α-hetero) is 1. The Morgan fingerprint density at radius 1 is 1.10 bits per heavy atom. The van der Waals surface area contributed by atoms with Crippen LogP contribution in [-0.2, 0) is 24.0 Å². The molecule has 3 aliphatic carbocycles. The van der Waals surface area contributed by atoms with Crippen LogP contribution < -0.4 is 4.74 Å². The van der Waals surface area contributed by atoms with Crippen LogP contribution in [0.1, 0.15) is 56.9 Å². The predicted octanol–water partition coefficient (Wildman–Crippen LogP) is 4.24. The summed E-state index contributed by atoms with van der Waals surface area (Å²) in [4.78, 5) is 65.9. The molecule has 4 atom stereocenters. The molecule has 4 aliphatic rings. The summed E-state index contributed by atoms with van der Waals surface area (Å²) in [6.45, 7) is 1.83. The Labute approximate surface area is 239 Å². The van der Waals surface area contributed by atoms with E-state index in [1.807, 2.05) is 6.08 Å². The van der Waals surface area contributed by atoms with Gasteiger partial charge in [0.05, 0.1) is 23.4 Å². The minimum Gasteiger partial charge on any atom is -0.503 e. The summed E-state index contributed by atoms with van der Waals surface area (Å²) < 4.78 is 5.72. The number of amides is 2. The first-order valence-corrected chi connectivity index (χ1v) is 14.2. The molecule has 0 bridgehead atoms. The molecule has 2 amide bonds. The first kappa shape index (κ1) is 28.0. The second-order valence-electron chi connectivity index (χ2n) is 10.8. The third-order valence-corrected chi connectivity index (χ3v) is 9.13. The van der Waals surface area contributed by atoms with E-state index in [4.69, 9.17) is 9.84 Å². The number of rotatable bonds is 8. The maximum Gasteiger partial charge on any atom is 0.303 e. The van der Waals surface area contributed by atoms with E-state index in [0.717, 1.165) is 5.57 Å². The molecule has 4 unspecified atom stereocenters. The van der Waals surface area contributed by atoms with Crippen LogP contribution >= 0.6 is 15.9 Å². The van der Waals surface area contributed by atoms with Crippen molar-refractivity contribution in [1.82, 2.24) is 4.90 Å². The van der Waals surface area contributed by atoms with Gasteiger partial charge in [0.15, 0.2) is 23.1 Å². The number of allylic oxidation sites excluding steroid dienone is 6. The third kappa shape index (κ3) is 4.62. The lowest BCUT2D eigenvalue weighted by molar-refractivity contribution is -0.141. The fraction of sp³-hybridized carbons (Fsp3) is 0.433. The van der Waals surface area contributed by atoms with E-state index in [1.54, 1.807) is 19.1 Å². The molecule has 40 heavy (non-hydrogen) atoms. The number of carboxylic acid groups (broad SMARTS) is 1. The number of phenolic OH excluding ortho intramolecular Hbond substituents is 1. The number of nitrogens with zero attached hydrogens (tertiary/aromatic N) is 1. The van der Waals surface area contributed by atoms with Crippen LogP contribution in [0.25, 0.3) is 0 Å². The zero-order valence-electron chi connectivity index (χ0n) is 22.2. The van der Waals surface area contributed by atoms with Crippen LogP contribution in [0.3, 0.4) is 0 Å². The lowest BCUT2D eigenvalue weighted by Crippen LogP contribution is -2.39. The standard InChI is InChI=1S/C30H30BrNO8/c1-14-10-21(33)26-19(27(14)36)13-18-16(24(26)15-11-20(31)28(37)22(12-15)40-2)7-8-17-25(18)30(39)32(29(17)38)9-5-3-4-6-23(34)35/h7,10-12,17-18,24-25,37H,3-6,8-9,13H2,1-2H3,(H,34,35). The molecule has 1 aromatic rings. The first-order valence-electron chi connectivity index (χ1n) is 13.4. The Hall–Kier alpha value is -3.53. The van der Waals surface area contributed by atoms with Crippen LogP contribution in [0.5, 0.6) is 11.5 Å². The molecular weight excluding hydrogens is 582 g/mol. The van der Waals surface area contributed by atoms with Crippen molar-refractivity contribution in [2.45, 2.75) is 51.4 Å². The molecule has 1 aliphatic heterocycles. The number of ether oxygens (including phenoxy) is 1. The second-order valence-corrected chi connectivity index (χ2v) is 11.7. The number of unbranched alkanes of at least 4 members (excludes halogenated alkanes) is 2. The van der Waals surface area contributed by atoms with Gasteiger partial charge < -0.3 is 14.9 Å². The Kier molecular flexibility index (Phi) is 7.56. The molecule has 1 saturated heterocycles. The number of carbonyl (C=O) groups excluding carboxylic acids is 4. The molecule has 0 aromatic heterocycles. The number of ketones is 2. The number of methoxy groups -OCH3 is 1. The second kappa shape index (κ2) is 10.8. The van der Waals surface area contributed by atoms with E-state index in [9.17, 15) is 29.1 Å². The lowest BCUT2D eigenvalue weighted by Gasteiger charge is -2.42. The fourth-order valence-electron chi connectivity index (χ4n) is 6.69. The van der Waals surface area contributed by atoms with Gasteiger partial charge >= 0.3 is 5.97 Å². The summed E-state index contributed by atoms with van der Waals surface area (Å²) in [6, 6.07) is 3.33. The number of carbonyl (C=O) groups is 5. The highest BCUT2D eigenvalue weighted by atomic mass is 79.9. The average molecular weight is 612 g/mol. The fourth-order valence-corrected chi connectivity index (χ4v) is 7.15. The van der Waals surface area contributed by atoms with Gasteiger partial charge in [0, 0.05) is 35.6 Å². The number of likely N-dealkylation sites (tertiary alicyclic amines) is 1. The Bertz CT molecular complexity index is 1440. The quantitative estimate of drug-likeness (QED) is 0.193. The molecule has 0 spiro atoms. The number of aliphatic carboxylic acids is 1. The number of phenols is 1. The molecule has 2 N–H and O–H groups in total. The molecule has 1 heterocycles. The minimum absolute atomic E-state index is 0.0418. The Morgan fingerprint density at radius 2 is 1.85 bits per heavy atom. The van der Waals surface area contributed by atoms with E-state index >= 15 is 0 Å². The van der Waals surface area contributed by atoms with E-state index in [0.29, 0.717) is 52.4 Å². The van der Waals surface area contributed by atoms with Gasteiger partial charge in [-0.2, -0.15) is 0 Å². The SMILES string of the molecule is COc1cc(C2C3=CCC4C(=O)N(CCCCCC(=O)O)C(=O)C4C3CC3=C2C(=O)C=C(C)C3=O)cc(Br)c1O. The molecule has 9 nitrogen and oxygen atoms in total. The van der Waals surface area contributed by atoms with Crippen LogP contribution in [0, 0.1) is 17.8 Å². The normalized spacial score (nSPS) is 25.8. The molecule has 5 rings (SSSR count). The van der Waals surface area contributed by atoms with E-state index < -0.39 is 29.6 Å². The summed E-state index contributed by atoms with van der Waals surface area (Å²) in [5.41, 5.74) is 2.52. The highest BCUT2D eigenvalue weighted by Gasteiger charge is 2.56. The van der Waals surface area contributed by atoms with Crippen molar-refractivity contribution in [3.8, 4) is 11.5 Å². The van der Waals surface area contributed by atoms with Gasteiger partial charge in [0.25, 0.3) is 0 Å². The Balaban J connectivity index is 1.53. The summed E-state index contributed by atoms with van der Waals surface area (Å²) >= 11 is 3.36. The molecule has 0 radical (unpaired) electrons. The number of fused-ring (bicyclic) bond motifs is 3. The number of hydrogen-bond acceptors (Lipinski definition) is 7. The van der Waals surface area contributed by atoms with Gasteiger partial charge in [-0.15, -0.1) is 0 Å². The smallest absolute Gasteiger partial charge is 0.303 e. The minimum atomic E-state index is -0.877. The number of halogens is 1. The maximum absolute atomic E-state index is 13.7. The summed E-state index contributed by atoms with van der Waals surface area (Å²) in [7, 11) is 1.42. The summed E-state index contributed by atoms with van der Waals surface area (Å²) in [6.07, 6.45) is 5.44. The lowest BCUT2D eigenvalue weighted by atomic mass is 9.59. The molecule has 0 saturated carbocycles. The van der Waals surface area contributed by atoms with E-state index in [2.05, 4.69) is 15.9 Å². The average Bonchev–Trinajstić information content (AvgIpc) is 3.16. The number of imide groups is 1. The number of aromatic hydroxyl groups is 1. The van der Waals surface area contributed by atoms with Crippen molar-refractivity contribution in [1.29, 1.82) is 0 Å². The first-order chi connectivity index (χ1) is 19.0. The van der Waals surface area contributed by atoms with Crippen molar-refractivity contribution >= 4 is 45.3 Å². The van der Waals surface area contributed by atoms with Gasteiger partial charge in [-0.3, -0.25) is 28.9 Å². The van der Waals surface area contributed by atoms with Gasteiger partial charge in [0.2, 0.25) is 11.8 Å². The topological polar surface area (TPSA) is 138 Å². The van der Waals surface area contributed by atoms with Crippen LogP contribution in [0.15, 0.2) is 51.0 Å². The highest BCUT2D eigenvalue weighted by molar-refractivity contribution is 9.10. The maximum atomic E-state index is 13.7. The number of carboxylic acids is 1. The van der Waals surface area contributed by atoms with Gasteiger partial charge in [-0.25, -0.2) is 0 Å². The van der Waals surface area contributed by atoms with Crippen molar-refractivity contribution in [2.24, 2.45) is 17.8 Å². The van der Waals surface area contributed by atoms with Crippen LogP contribution in [0.4, 0.5) is 0 Å². The van der Waals surface area contributed by atoms with Gasteiger partial charge in [-0.1, -0.05) is 18.1 Å². The van der Waals surface area contributed by atoms with Crippen LogP contribution in [-0.4, -0.2) is 58.1 Å². The summed E-state index contributed by atoms with van der Waals surface area (Å²) in [5, 5.41) is 19.3. The molecule has 210 valence electrons. The van der Waals surface area contributed by atoms with E-state index in [1.165, 1.54) is 18.1 Å². The van der Waals surface area contributed by atoms with Gasteiger partial charge in [-0.05, 0) is 78.2 Å². The van der Waals surface area contributed by atoms with Gasteiger partial charge in [0.1, 0.15) is 0 Å². The van der Waals surface area contributed by atoms with Crippen molar-refractivity contribution in [3.63, 3.8) is 0 Å². The molecule has 10 heteroatoms. The summed E-state index contributed by atoms with van der Waals surface area (Å²) in [5.74, 6) is -4.09. The number of benzene rings is 1. The predicted molar refractivity (Wildman–Crippen MR) is 147 cm³/mol. The molecular formula is C30H30BrNO8. The van der Waals surface area contributed by atoms with Crippen molar-refractivity contribution in [2.75, 3.05) is 13.7 Å². The third-order valence-electron chi connectivity index (χ3n) is 8.53. The zero-order valence-corrected chi connectivity index (χ0v) is 23.8. The molecule has 1 fully saturated rings.